The topological polar surface area (TPSA) is 55.5 Å². The fraction of sp³-hybridized carbons (Fsp3) is 0.0714. The number of nitro benzene ring substituents is 1. The van der Waals surface area contributed by atoms with E-state index in [1.165, 1.54) is 17.7 Å². The van der Waals surface area contributed by atoms with Crippen LogP contribution in [-0.2, 0) is 0 Å². The zero-order chi connectivity index (χ0) is 13.0. The Bertz CT molecular complexity index is 572. The van der Waals surface area contributed by atoms with Gasteiger partial charge in [0.1, 0.15) is 0 Å². The first-order valence-electron chi connectivity index (χ1n) is 5.50. The van der Waals surface area contributed by atoms with Gasteiger partial charge in [0, 0.05) is 18.3 Å². The lowest BCUT2D eigenvalue weighted by Gasteiger charge is -1.95. The minimum atomic E-state index is -0.416. The van der Waals surface area contributed by atoms with Gasteiger partial charge in [-0.25, -0.2) is 0 Å². The van der Waals surface area contributed by atoms with Crippen LogP contribution >= 0.6 is 0 Å². The molecule has 0 aromatic heterocycles. The summed E-state index contributed by atoms with van der Waals surface area (Å²) in [7, 11) is 0. The number of nitrogens with zero attached hydrogens (tertiary/aromatic N) is 2. The molecule has 2 aromatic rings. The van der Waals surface area contributed by atoms with Crippen LogP contribution in [0.25, 0.3) is 0 Å². The number of non-ortho nitro benzene ring substituents is 1. The first kappa shape index (κ1) is 12.0. The molecule has 0 spiro atoms. The summed E-state index contributed by atoms with van der Waals surface area (Å²) in [5.74, 6) is 0. The van der Waals surface area contributed by atoms with Gasteiger partial charge in [0.05, 0.1) is 10.6 Å². The van der Waals surface area contributed by atoms with E-state index >= 15 is 0 Å². The first-order valence-corrected chi connectivity index (χ1v) is 5.50. The fourth-order valence-corrected chi connectivity index (χ4v) is 1.46. The Morgan fingerprint density at radius 1 is 1.06 bits per heavy atom. The number of aryl methyl sites for hydroxylation is 1. The maximum Gasteiger partial charge on any atom is 0.269 e. The molecular formula is C14H12N2O2. The average molecular weight is 240 g/mol. The van der Waals surface area contributed by atoms with Crippen molar-refractivity contribution in [1.29, 1.82) is 0 Å². The van der Waals surface area contributed by atoms with Gasteiger partial charge in [-0.3, -0.25) is 15.1 Å². The third-order valence-corrected chi connectivity index (χ3v) is 2.50. The van der Waals surface area contributed by atoms with Crippen LogP contribution in [0.3, 0.4) is 0 Å². The summed E-state index contributed by atoms with van der Waals surface area (Å²) < 4.78 is 0. The van der Waals surface area contributed by atoms with Crippen LogP contribution in [-0.4, -0.2) is 11.1 Å². The molecule has 2 aromatic carbocycles. The van der Waals surface area contributed by atoms with E-state index in [4.69, 9.17) is 0 Å². The second kappa shape index (κ2) is 5.23. The Kier molecular flexibility index (Phi) is 3.48. The molecule has 0 unspecified atom stereocenters. The van der Waals surface area contributed by atoms with Gasteiger partial charge >= 0.3 is 0 Å². The Morgan fingerprint density at radius 3 is 2.22 bits per heavy atom. The quantitative estimate of drug-likeness (QED) is 0.467. The zero-order valence-corrected chi connectivity index (χ0v) is 9.91. The molecule has 4 nitrogen and oxygen atoms in total. The molecule has 0 atom stereocenters. The minimum absolute atomic E-state index is 0.0856. The molecule has 0 N–H and O–H groups in total. The van der Waals surface area contributed by atoms with Crippen molar-refractivity contribution in [3.63, 3.8) is 0 Å². The number of hydrogen-bond acceptors (Lipinski definition) is 3. The van der Waals surface area contributed by atoms with Crippen molar-refractivity contribution in [2.24, 2.45) is 4.99 Å². The number of hydrogen-bond donors (Lipinski definition) is 0. The Morgan fingerprint density at radius 2 is 1.67 bits per heavy atom. The molecule has 0 saturated carbocycles. The number of nitro groups is 1. The molecule has 0 aliphatic rings. The van der Waals surface area contributed by atoms with E-state index < -0.39 is 4.92 Å². The standard InChI is InChI=1S/C14H12N2O2/c1-11-2-6-13(7-3-11)15-10-12-4-8-14(9-5-12)16(17)18/h2-10H,1H3. The summed E-state index contributed by atoms with van der Waals surface area (Å²) in [5, 5.41) is 10.5. The normalized spacial score (nSPS) is 10.7. The molecule has 4 heteroatoms. The van der Waals surface area contributed by atoms with E-state index in [1.807, 2.05) is 31.2 Å². The maximum atomic E-state index is 10.5. The summed E-state index contributed by atoms with van der Waals surface area (Å²) in [6.45, 7) is 2.02. The molecule has 90 valence electrons. The Hall–Kier alpha value is -2.49. The molecule has 2 rings (SSSR count). The van der Waals surface area contributed by atoms with Gasteiger partial charge in [-0.1, -0.05) is 17.7 Å². The number of benzene rings is 2. The van der Waals surface area contributed by atoms with Crippen molar-refractivity contribution in [3.05, 3.63) is 69.8 Å². The van der Waals surface area contributed by atoms with Crippen LogP contribution in [0, 0.1) is 17.0 Å². The van der Waals surface area contributed by atoms with E-state index in [-0.39, 0.29) is 5.69 Å². The van der Waals surface area contributed by atoms with Crippen molar-refractivity contribution in [3.8, 4) is 0 Å². The molecule has 0 radical (unpaired) electrons. The summed E-state index contributed by atoms with van der Waals surface area (Å²) in [4.78, 5) is 14.4. The molecule has 0 aliphatic carbocycles. The van der Waals surface area contributed by atoms with Crippen molar-refractivity contribution in [1.82, 2.24) is 0 Å². The third kappa shape index (κ3) is 3.01. The molecule has 0 bridgehead atoms. The van der Waals surface area contributed by atoms with Gasteiger partial charge in [0.25, 0.3) is 5.69 Å². The monoisotopic (exact) mass is 240 g/mol. The second-order valence-electron chi connectivity index (χ2n) is 3.94. The summed E-state index contributed by atoms with van der Waals surface area (Å²) >= 11 is 0. The van der Waals surface area contributed by atoms with Gasteiger partial charge in [0.2, 0.25) is 0 Å². The van der Waals surface area contributed by atoms with Crippen LogP contribution in [0.15, 0.2) is 53.5 Å². The highest BCUT2D eigenvalue weighted by Crippen LogP contribution is 2.14. The minimum Gasteiger partial charge on any atom is -0.258 e. The molecule has 0 saturated heterocycles. The number of aliphatic imine (C=N–C) groups is 1. The van der Waals surface area contributed by atoms with E-state index in [1.54, 1.807) is 18.3 Å². The molecule has 18 heavy (non-hydrogen) atoms. The highest BCUT2D eigenvalue weighted by Gasteiger charge is 2.02. The van der Waals surface area contributed by atoms with Crippen molar-refractivity contribution >= 4 is 17.6 Å². The summed E-state index contributed by atoms with van der Waals surface area (Å²) in [6.07, 6.45) is 1.69. The first-order chi connectivity index (χ1) is 8.65. The number of rotatable bonds is 3. The van der Waals surface area contributed by atoms with E-state index in [9.17, 15) is 10.1 Å². The van der Waals surface area contributed by atoms with Gasteiger partial charge < -0.3 is 0 Å². The largest absolute Gasteiger partial charge is 0.269 e. The third-order valence-electron chi connectivity index (χ3n) is 2.50. The zero-order valence-electron chi connectivity index (χ0n) is 9.91. The molecule has 0 fully saturated rings. The van der Waals surface area contributed by atoms with Gasteiger partial charge in [0.15, 0.2) is 0 Å². The van der Waals surface area contributed by atoms with Crippen LogP contribution in [0.2, 0.25) is 0 Å². The summed E-state index contributed by atoms with van der Waals surface area (Å²) in [5.41, 5.74) is 2.96. The molecular weight excluding hydrogens is 228 g/mol. The molecule has 0 aliphatic heterocycles. The fourth-order valence-electron chi connectivity index (χ4n) is 1.46. The van der Waals surface area contributed by atoms with E-state index in [0.717, 1.165) is 11.3 Å². The Labute approximate surface area is 105 Å². The van der Waals surface area contributed by atoms with E-state index in [2.05, 4.69) is 4.99 Å². The highest BCUT2D eigenvalue weighted by molar-refractivity contribution is 5.82. The lowest BCUT2D eigenvalue weighted by Crippen LogP contribution is -1.88. The van der Waals surface area contributed by atoms with Crippen LogP contribution in [0.4, 0.5) is 11.4 Å². The highest BCUT2D eigenvalue weighted by atomic mass is 16.6. The maximum absolute atomic E-state index is 10.5. The lowest BCUT2D eigenvalue weighted by molar-refractivity contribution is -0.384. The SMILES string of the molecule is Cc1ccc(N=Cc2ccc([N+](=O)[O-])cc2)cc1. The predicted octanol–water partition coefficient (Wildman–Crippen LogP) is 3.65. The van der Waals surface area contributed by atoms with Gasteiger partial charge in [-0.15, -0.1) is 0 Å². The predicted molar refractivity (Wildman–Crippen MR) is 71.5 cm³/mol. The van der Waals surface area contributed by atoms with Crippen molar-refractivity contribution in [2.45, 2.75) is 6.92 Å². The van der Waals surface area contributed by atoms with Gasteiger partial charge in [-0.2, -0.15) is 0 Å². The molecule has 0 heterocycles. The van der Waals surface area contributed by atoms with Crippen molar-refractivity contribution in [2.75, 3.05) is 0 Å². The van der Waals surface area contributed by atoms with E-state index in [0.29, 0.717) is 0 Å². The van der Waals surface area contributed by atoms with Crippen LogP contribution < -0.4 is 0 Å². The summed E-state index contributed by atoms with van der Waals surface area (Å²) in [6, 6.07) is 14.1. The second-order valence-corrected chi connectivity index (χ2v) is 3.94. The smallest absolute Gasteiger partial charge is 0.258 e. The lowest BCUT2D eigenvalue weighted by atomic mass is 10.2. The Balaban J connectivity index is 2.13. The molecule has 0 amide bonds. The van der Waals surface area contributed by atoms with Gasteiger partial charge in [-0.05, 0) is 36.8 Å². The van der Waals surface area contributed by atoms with Crippen molar-refractivity contribution < 1.29 is 4.92 Å². The average Bonchev–Trinajstić information content (AvgIpc) is 2.38. The van der Waals surface area contributed by atoms with Crippen LogP contribution in [0.1, 0.15) is 11.1 Å². The van der Waals surface area contributed by atoms with Crippen LogP contribution in [0.5, 0.6) is 0 Å².